The molecule has 2 aromatic carbocycles. The first kappa shape index (κ1) is 19.1. The van der Waals surface area contributed by atoms with Crippen molar-refractivity contribution >= 4 is 12.2 Å². The van der Waals surface area contributed by atoms with E-state index in [1.54, 1.807) is 0 Å². The molecule has 5 heteroatoms. The van der Waals surface area contributed by atoms with Gasteiger partial charge >= 0.3 is 0 Å². The second kappa shape index (κ2) is 8.41. The first-order valence-electron chi connectivity index (χ1n) is 10.1. The smallest absolute Gasteiger partial charge is 0.199 e. The second-order valence-corrected chi connectivity index (χ2v) is 8.13. The lowest BCUT2D eigenvalue weighted by Gasteiger charge is -2.20. The molecular formula is C23H28N4S. The lowest BCUT2D eigenvalue weighted by Crippen LogP contribution is -2.26. The quantitative estimate of drug-likeness (QED) is 0.497. The molecule has 0 aliphatic heterocycles. The molecule has 0 spiro atoms. The van der Waals surface area contributed by atoms with Crippen molar-refractivity contribution in [2.75, 3.05) is 6.54 Å². The van der Waals surface area contributed by atoms with E-state index in [2.05, 4.69) is 77.9 Å². The van der Waals surface area contributed by atoms with E-state index >= 15 is 0 Å². The number of hydrogen-bond donors (Lipinski definition) is 0. The molecule has 4 nitrogen and oxygen atoms in total. The highest BCUT2D eigenvalue weighted by molar-refractivity contribution is 7.71. The summed E-state index contributed by atoms with van der Waals surface area (Å²) in [6, 6.07) is 19.3. The van der Waals surface area contributed by atoms with Crippen LogP contribution in [0.4, 0.5) is 0 Å². The molecule has 1 fully saturated rings. The zero-order valence-corrected chi connectivity index (χ0v) is 17.5. The van der Waals surface area contributed by atoms with Gasteiger partial charge in [-0.1, -0.05) is 67.1 Å². The van der Waals surface area contributed by atoms with Crippen LogP contribution in [0.3, 0.4) is 0 Å². The van der Waals surface area contributed by atoms with Crippen LogP contribution in [0.5, 0.6) is 0 Å². The molecule has 0 bridgehead atoms. The highest BCUT2D eigenvalue weighted by atomic mass is 32.1. The molecule has 1 heterocycles. The van der Waals surface area contributed by atoms with Crippen molar-refractivity contribution in [3.63, 3.8) is 0 Å². The van der Waals surface area contributed by atoms with Crippen molar-refractivity contribution in [2.45, 2.75) is 52.4 Å². The molecule has 0 radical (unpaired) electrons. The Balaban J connectivity index is 1.57. The van der Waals surface area contributed by atoms with Crippen LogP contribution in [0.15, 0.2) is 54.6 Å². The van der Waals surface area contributed by atoms with Crippen LogP contribution in [0, 0.1) is 11.7 Å². The predicted molar refractivity (Wildman–Crippen MR) is 116 cm³/mol. The molecule has 0 saturated heterocycles. The highest BCUT2D eigenvalue weighted by Gasteiger charge is 2.30. The van der Waals surface area contributed by atoms with Crippen molar-refractivity contribution in [1.82, 2.24) is 19.2 Å². The van der Waals surface area contributed by atoms with Gasteiger partial charge in [-0.15, -0.1) is 0 Å². The zero-order chi connectivity index (χ0) is 19.5. The number of nitrogens with zero attached hydrogens (tertiary/aromatic N) is 4. The highest BCUT2D eigenvalue weighted by Crippen LogP contribution is 2.39. The maximum Gasteiger partial charge on any atom is 0.199 e. The number of benzene rings is 2. The molecule has 1 aliphatic carbocycles. The molecule has 3 aromatic rings. The van der Waals surface area contributed by atoms with Crippen LogP contribution in [0.1, 0.15) is 48.2 Å². The maximum absolute atomic E-state index is 5.85. The van der Waals surface area contributed by atoms with E-state index in [9.17, 15) is 0 Å². The van der Waals surface area contributed by atoms with Crippen molar-refractivity contribution in [2.24, 2.45) is 0 Å². The Morgan fingerprint density at radius 3 is 2.50 bits per heavy atom. The first-order valence-corrected chi connectivity index (χ1v) is 10.5. The van der Waals surface area contributed by atoms with Crippen LogP contribution < -0.4 is 0 Å². The molecule has 1 aliphatic rings. The van der Waals surface area contributed by atoms with Crippen molar-refractivity contribution < 1.29 is 0 Å². The molecule has 0 N–H and O–H groups in total. The average Bonchev–Trinajstić information content (AvgIpc) is 3.50. The van der Waals surface area contributed by atoms with E-state index in [-0.39, 0.29) is 0 Å². The summed E-state index contributed by atoms with van der Waals surface area (Å²) in [7, 11) is 0. The molecule has 1 aromatic heterocycles. The molecule has 0 amide bonds. The van der Waals surface area contributed by atoms with Gasteiger partial charge < -0.3 is 0 Å². The Labute approximate surface area is 172 Å². The number of aromatic nitrogens is 3. The average molecular weight is 393 g/mol. The molecule has 0 atom stereocenters. The standard InChI is InChI=1S/C23H28N4S/c1-3-25(15-20-11-7-8-18(2)14-20)17-27-23(28)26(22(24-27)21-12-13-21)16-19-9-5-4-6-10-19/h4-11,14,21H,3,12-13,15-17H2,1-2H3. The monoisotopic (exact) mass is 392 g/mol. The Morgan fingerprint density at radius 1 is 1.07 bits per heavy atom. The Bertz CT molecular complexity index is 985. The minimum Gasteiger partial charge on any atom is -0.299 e. The fraction of sp³-hybridized carbons (Fsp3) is 0.391. The predicted octanol–water partition coefficient (Wildman–Crippen LogP) is 5.13. The van der Waals surface area contributed by atoms with Gasteiger partial charge in [0.25, 0.3) is 0 Å². The summed E-state index contributed by atoms with van der Waals surface area (Å²) < 4.78 is 5.09. The summed E-state index contributed by atoms with van der Waals surface area (Å²) in [4.78, 5) is 2.39. The minimum atomic E-state index is 0.568. The van der Waals surface area contributed by atoms with Crippen LogP contribution in [0.25, 0.3) is 0 Å². The van der Waals surface area contributed by atoms with Gasteiger partial charge in [-0.3, -0.25) is 9.47 Å². The van der Waals surface area contributed by atoms with Gasteiger partial charge in [0.1, 0.15) is 5.82 Å². The third kappa shape index (κ3) is 4.42. The van der Waals surface area contributed by atoms with Gasteiger partial charge in [0, 0.05) is 12.5 Å². The summed E-state index contributed by atoms with van der Waals surface area (Å²) >= 11 is 5.85. The van der Waals surface area contributed by atoms with Crippen LogP contribution >= 0.6 is 12.2 Å². The molecule has 28 heavy (non-hydrogen) atoms. The molecule has 0 unspecified atom stereocenters. The zero-order valence-electron chi connectivity index (χ0n) is 16.7. The maximum atomic E-state index is 5.85. The fourth-order valence-corrected chi connectivity index (χ4v) is 3.88. The van der Waals surface area contributed by atoms with Crippen LogP contribution in [-0.2, 0) is 19.8 Å². The topological polar surface area (TPSA) is 26.0 Å². The van der Waals surface area contributed by atoms with Crippen LogP contribution in [0.2, 0.25) is 0 Å². The third-order valence-electron chi connectivity index (χ3n) is 5.35. The summed E-state index contributed by atoms with van der Waals surface area (Å²) in [5.41, 5.74) is 3.90. The van der Waals surface area contributed by atoms with Crippen molar-refractivity contribution in [3.05, 3.63) is 81.9 Å². The summed E-state index contributed by atoms with van der Waals surface area (Å²) in [5, 5.41) is 4.95. The van der Waals surface area contributed by atoms with Gasteiger partial charge in [-0.05, 0) is 49.7 Å². The van der Waals surface area contributed by atoms with Crippen LogP contribution in [-0.4, -0.2) is 25.8 Å². The van der Waals surface area contributed by atoms with E-state index in [4.69, 9.17) is 17.3 Å². The van der Waals surface area contributed by atoms with E-state index in [1.165, 1.54) is 29.5 Å². The second-order valence-electron chi connectivity index (χ2n) is 7.76. The van der Waals surface area contributed by atoms with Crippen molar-refractivity contribution in [3.8, 4) is 0 Å². The lowest BCUT2D eigenvalue weighted by molar-refractivity contribution is 0.207. The minimum absolute atomic E-state index is 0.568. The van der Waals surface area contributed by atoms with E-state index in [0.717, 1.165) is 36.9 Å². The molecular weight excluding hydrogens is 364 g/mol. The fourth-order valence-electron chi connectivity index (χ4n) is 3.63. The van der Waals surface area contributed by atoms with Gasteiger partial charge in [-0.25, -0.2) is 4.68 Å². The van der Waals surface area contributed by atoms with E-state index < -0.39 is 0 Å². The van der Waals surface area contributed by atoms with Crippen molar-refractivity contribution in [1.29, 1.82) is 0 Å². The van der Waals surface area contributed by atoms with Gasteiger partial charge in [0.15, 0.2) is 4.77 Å². The van der Waals surface area contributed by atoms with E-state index in [0.29, 0.717) is 5.92 Å². The third-order valence-corrected chi connectivity index (χ3v) is 5.78. The van der Waals surface area contributed by atoms with Gasteiger partial charge in [0.05, 0.1) is 13.2 Å². The molecule has 4 rings (SSSR count). The summed E-state index contributed by atoms with van der Waals surface area (Å²) in [5.74, 6) is 1.72. The lowest BCUT2D eigenvalue weighted by atomic mass is 10.1. The Morgan fingerprint density at radius 2 is 1.82 bits per heavy atom. The van der Waals surface area contributed by atoms with Gasteiger partial charge in [-0.2, -0.15) is 5.10 Å². The first-order chi connectivity index (χ1) is 13.6. The Kier molecular flexibility index (Phi) is 5.74. The van der Waals surface area contributed by atoms with E-state index in [1.807, 2.05) is 4.68 Å². The number of aryl methyl sites for hydroxylation is 1. The summed E-state index contributed by atoms with van der Waals surface area (Å²) in [6.07, 6.45) is 2.45. The SMILES string of the molecule is CCN(Cc1cccc(C)c1)Cn1nc(C2CC2)n(Cc2ccccc2)c1=S. The van der Waals surface area contributed by atoms with Gasteiger partial charge in [0.2, 0.25) is 0 Å². The largest absolute Gasteiger partial charge is 0.299 e. The number of hydrogen-bond acceptors (Lipinski definition) is 3. The normalized spacial score (nSPS) is 14.0. The molecule has 146 valence electrons. The number of rotatable bonds is 8. The summed E-state index contributed by atoms with van der Waals surface area (Å²) in [6.45, 7) is 7.73. The molecule has 1 saturated carbocycles. The Hall–Kier alpha value is -2.24.